The molecule has 0 saturated heterocycles. The van der Waals surface area contributed by atoms with Crippen LogP contribution >= 0.6 is 27.5 Å². The second-order valence-corrected chi connectivity index (χ2v) is 7.42. The number of carbonyl (C=O) groups excluding carboxylic acids is 2. The molecule has 0 heterocycles. The summed E-state index contributed by atoms with van der Waals surface area (Å²) in [6.45, 7) is 4.16. The Labute approximate surface area is 171 Å². The van der Waals surface area contributed by atoms with Gasteiger partial charge >= 0.3 is 0 Å². The zero-order valence-corrected chi connectivity index (χ0v) is 17.5. The molecule has 27 heavy (non-hydrogen) atoms. The van der Waals surface area contributed by atoms with E-state index in [1.165, 1.54) is 17.0 Å². The van der Waals surface area contributed by atoms with Crippen molar-refractivity contribution < 1.29 is 14.0 Å². The van der Waals surface area contributed by atoms with Gasteiger partial charge in [-0.15, -0.1) is 0 Å². The molecule has 0 aliphatic carbocycles. The van der Waals surface area contributed by atoms with Gasteiger partial charge in [0.25, 0.3) is 0 Å². The third-order valence-electron chi connectivity index (χ3n) is 4.17. The van der Waals surface area contributed by atoms with Crippen LogP contribution in [0.1, 0.15) is 25.0 Å². The van der Waals surface area contributed by atoms with E-state index in [2.05, 4.69) is 21.2 Å². The van der Waals surface area contributed by atoms with E-state index in [1.807, 2.05) is 31.2 Å². The summed E-state index contributed by atoms with van der Waals surface area (Å²) in [5, 5.41) is 2.91. The number of halogens is 3. The van der Waals surface area contributed by atoms with Crippen LogP contribution in [0.25, 0.3) is 0 Å². The number of nitrogens with one attached hydrogen (secondary N) is 1. The van der Waals surface area contributed by atoms with E-state index >= 15 is 0 Å². The summed E-state index contributed by atoms with van der Waals surface area (Å²) in [5.74, 6) is -1.17. The van der Waals surface area contributed by atoms with Gasteiger partial charge in [-0.1, -0.05) is 45.7 Å². The number of nitrogens with zero attached hydrogens (tertiary/aromatic N) is 1. The first-order valence-electron chi connectivity index (χ1n) is 8.58. The van der Waals surface area contributed by atoms with Gasteiger partial charge in [0, 0.05) is 28.1 Å². The van der Waals surface area contributed by atoms with Gasteiger partial charge in [0.2, 0.25) is 11.8 Å². The lowest BCUT2D eigenvalue weighted by Gasteiger charge is -2.29. The maximum Gasteiger partial charge on any atom is 0.242 e. The number of carbonyl (C=O) groups is 2. The van der Waals surface area contributed by atoms with Crippen LogP contribution in [0.2, 0.25) is 5.02 Å². The van der Waals surface area contributed by atoms with Gasteiger partial charge in [-0.3, -0.25) is 9.59 Å². The van der Waals surface area contributed by atoms with Gasteiger partial charge < -0.3 is 10.2 Å². The normalized spacial score (nSPS) is 11.7. The maximum absolute atomic E-state index is 14.1. The standard InChI is InChI=1S/C20H21BrClFN2O2/c1-3-24-20(27)13(2)25(12-14-7-9-15(21)10-8-14)19(26)11-16-17(22)5-4-6-18(16)23/h4-10,13H,3,11-12H2,1-2H3,(H,24,27)/t13-/m0/s1. The van der Waals surface area contributed by atoms with Crippen molar-refractivity contribution in [2.45, 2.75) is 32.9 Å². The largest absolute Gasteiger partial charge is 0.355 e. The smallest absolute Gasteiger partial charge is 0.242 e. The van der Waals surface area contributed by atoms with E-state index in [-0.39, 0.29) is 35.4 Å². The minimum Gasteiger partial charge on any atom is -0.355 e. The molecule has 1 atom stereocenters. The third kappa shape index (κ3) is 5.78. The van der Waals surface area contributed by atoms with Crippen molar-refractivity contribution in [3.8, 4) is 0 Å². The molecule has 0 spiro atoms. The highest BCUT2D eigenvalue weighted by atomic mass is 79.9. The van der Waals surface area contributed by atoms with Crippen LogP contribution in [-0.4, -0.2) is 29.3 Å². The number of rotatable bonds is 7. The summed E-state index contributed by atoms with van der Waals surface area (Å²) in [5.41, 5.74) is 0.996. The molecule has 4 nitrogen and oxygen atoms in total. The molecule has 7 heteroatoms. The number of likely N-dealkylation sites (N-methyl/N-ethyl adjacent to an activating group) is 1. The number of amides is 2. The Balaban J connectivity index is 2.28. The predicted octanol–water partition coefficient (Wildman–Crippen LogP) is 4.34. The number of hydrogen-bond acceptors (Lipinski definition) is 2. The highest BCUT2D eigenvalue weighted by molar-refractivity contribution is 9.10. The van der Waals surface area contributed by atoms with Crippen molar-refractivity contribution in [3.63, 3.8) is 0 Å². The summed E-state index contributed by atoms with van der Waals surface area (Å²) in [6.07, 6.45) is -0.216. The lowest BCUT2D eigenvalue weighted by Crippen LogP contribution is -2.48. The second-order valence-electron chi connectivity index (χ2n) is 6.10. The molecule has 2 rings (SSSR count). The molecule has 0 unspecified atom stereocenters. The summed E-state index contributed by atoms with van der Waals surface area (Å²) >= 11 is 9.43. The van der Waals surface area contributed by atoms with E-state index in [0.29, 0.717) is 6.54 Å². The lowest BCUT2D eigenvalue weighted by molar-refractivity contribution is -0.140. The fourth-order valence-corrected chi connectivity index (χ4v) is 3.14. The third-order valence-corrected chi connectivity index (χ3v) is 5.06. The topological polar surface area (TPSA) is 49.4 Å². The first-order valence-corrected chi connectivity index (χ1v) is 9.75. The highest BCUT2D eigenvalue weighted by Gasteiger charge is 2.27. The fourth-order valence-electron chi connectivity index (χ4n) is 2.65. The lowest BCUT2D eigenvalue weighted by atomic mass is 10.1. The van der Waals surface area contributed by atoms with Crippen LogP contribution in [0.3, 0.4) is 0 Å². The van der Waals surface area contributed by atoms with Crippen molar-refractivity contribution in [1.29, 1.82) is 0 Å². The molecule has 0 aliphatic rings. The van der Waals surface area contributed by atoms with Gasteiger partial charge in [-0.25, -0.2) is 4.39 Å². The molecule has 0 fully saturated rings. The van der Waals surface area contributed by atoms with Crippen LogP contribution in [0.15, 0.2) is 46.9 Å². The molecule has 1 N–H and O–H groups in total. The molecule has 0 saturated carbocycles. The average Bonchev–Trinajstić information content (AvgIpc) is 2.64. The van der Waals surface area contributed by atoms with Gasteiger partial charge in [-0.05, 0) is 43.7 Å². The van der Waals surface area contributed by atoms with Gasteiger partial charge in [0.05, 0.1) is 6.42 Å². The van der Waals surface area contributed by atoms with Crippen molar-refractivity contribution >= 4 is 39.3 Å². The summed E-state index contributed by atoms with van der Waals surface area (Å²) in [7, 11) is 0. The zero-order valence-electron chi connectivity index (χ0n) is 15.1. The van der Waals surface area contributed by atoms with E-state index < -0.39 is 11.9 Å². The van der Waals surface area contributed by atoms with Gasteiger partial charge in [0.1, 0.15) is 11.9 Å². The Bertz CT molecular complexity index is 794. The molecule has 0 bridgehead atoms. The molecule has 2 aromatic carbocycles. The first kappa shape index (κ1) is 21.4. The molecule has 0 aliphatic heterocycles. The van der Waals surface area contributed by atoms with Crippen LogP contribution in [0.5, 0.6) is 0 Å². The maximum atomic E-state index is 14.1. The molecule has 2 aromatic rings. The van der Waals surface area contributed by atoms with E-state index in [1.54, 1.807) is 13.0 Å². The average molecular weight is 456 g/mol. The molecule has 144 valence electrons. The van der Waals surface area contributed by atoms with Crippen molar-refractivity contribution in [2.24, 2.45) is 0 Å². The van der Waals surface area contributed by atoms with Gasteiger partial charge in [-0.2, -0.15) is 0 Å². The van der Waals surface area contributed by atoms with E-state index in [4.69, 9.17) is 11.6 Å². The predicted molar refractivity (Wildman–Crippen MR) is 108 cm³/mol. The Morgan fingerprint density at radius 1 is 1.22 bits per heavy atom. The Kier molecular flexibility index (Phi) is 7.80. The summed E-state index contributed by atoms with van der Waals surface area (Å²) < 4.78 is 15.0. The Morgan fingerprint density at radius 3 is 2.48 bits per heavy atom. The molecular formula is C20H21BrClFN2O2. The van der Waals surface area contributed by atoms with Crippen molar-refractivity contribution in [1.82, 2.24) is 10.2 Å². The molecular weight excluding hydrogens is 435 g/mol. The van der Waals surface area contributed by atoms with Crippen LogP contribution < -0.4 is 5.32 Å². The Morgan fingerprint density at radius 2 is 1.89 bits per heavy atom. The Hall–Kier alpha value is -1.92. The quantitative estimate of drug-likeness (QED) is 0.675. The summed E-state index contributed by atoms with van der Waals surface area (Å²) in [4.78, 5) is 26.7. The molecule has 2 amide bonds. The fraction of sp³-hybridized carbons (Fsp3) is 0.300. The molecule has 0 radical (unpaired) electrons. The van der Waals surface area contributed by atoms with E-state index in [0.717, 1.165) is 10.0 Å². The first-order chi connectivity index (χ1) is 12.8. The minimum atomic E-state index is -0.702. The van der Waals surface area contributed by atoms with Crippen molar-refractivity contribution in [3.05, 3.63) is 68.9 Å². The van der Waals surface area contributed by atoms with Crippen LogP contribution in [-0.2, 0) is 22.6 Å². The summed E-state index contributed by atoms with van der Waals surface area (Å²) in [6, 6.07) is 11.1. The number of benzene rings is 2. The molecule has 0 aromatic heterocycles. The SMILES string of the molecule is CCNC(=O)[C@H](C)N(Cc1ccc(Br)cc1)C(=O)Cc1c(F)cccc1Cl. The second kappa shape index (κ2) is 9.85. The van der Waals surface area contributed by atoms with Crippen molar-refractivity contribution in [2.75, 3.05) is 6.54 Å². The van der Waals surface area contributed by atoms with Crippen LogP contribution in [0.4, 0.5) is 4.39 Å². The number of hydrogen-bond donors (Lipinski definition) is 1. The van der Waals surface area contributed by atoms with Crippen LogP contribution in [0, 0.1) is 5.82 Å². The highest BCUT2D eigenvalue weighted by Crippen LogP contribution is 2.21. The van der Waals surface area contributed by atoms with E-state index in [9.17, 15) is 14.0 Å². The monoisotopic (exact) mass is 454 g/mol. The zero-order chi connectivity index (χ0) is 20.0. The minimum absolute atomic E-state index is 0.132. The van der Waals surface area contributed by atoms with Gasteiger partial charge in [0.15, 0.2) is 0 Å².